The maximum atomic E-state index is 11.0. The molecule has 1 aliphatic rings. The fraction of sp³-hybridized carbons (Fsp3) is 0.211. The number of carbonyl (C=O) groups is 1. The summed E-state index contributed by atoms with van der Waals surface area (Å²) in [5.41, 5.74) is 5.05. The lowest BCUT2D eigenvalue weighted by molar-refractivity contribution is -0.132. The van der Waals surface area contributed by atoms with Gasteiger partial charge in [0, 0.05) is 23.1 Å². The summed E-state index contributed by atoms with van der Waals surface area (Å²) >= 11 is 3.66. The Balaban J connectivity index is 1.89. The molecule has 0 aliphatic carbocycles. The molecule has 0 bridgehead atoms. The topological polar surface area (TPSA) is 40.5 Å². The van der Waals surface area contributed by atoms with Crippen LogP contribution in [0.2, 0.25) is 0 Å². The summed E-state index contributed by atoms with van der Waals surface area (Å²) in [7, 11) is 0. The molecule has 3 nitrogen and oxygen atoms in total. The molecule has 2 aromatic rings. The fourth-order valence-corrected chi connectivity index (χ4v) is 3.72. The van der Waals surface area contributed by atoms with Crippen LogP contribution in [0.4, 0.5) is 5.69 Å². The minimum Gasteiger partial charge on any atom is -0.478 e. The predicted molar refractivity (Wildman–Crippen MR) is 96.6 cm³/mol. The molecule has 0 fully saturated rings. The molecule has 0 saturated heterocycles. The smallest absolute Gasteiger partial charge is 0.331 e. The lowest BCUT2D eigenvalue weighted by Gasteiger charge is -2.21. The van der Waals surface area contributed by atoms with Gasteiger partial charge >= 0.3 is 5.97 Å². The van der Waals surface area contributed by atoms with Crippen molar-refractivity contribution in [3.8, 4) is 0 Å². The van der Waals surface area contributed by atoms with Crippen LogP contribution >= 0.6 is 15.9 Å². The molecule has 1 N–H and O–H groups in total. The lowest BCUT2D eigenvalue weighted by Crippen LogP contribution is -2.19. The van der Waals surface area contributed by atoms with Crippen molar-refractivity contribution in [3.63, 3.8) is 0 Å². The number of halogens is 1. The van der Waals surface area contributed by atoms with E-state index in [0.717, 1.165) is 29.5 Å². The van der Waals surface area contributed by atoms with Crippen LogP contribution in [-0.2, 0) is 17.8 Å². The SMILES string of the molecule is C/C(=C\c1cc(Br)c2c(c1)CCN2Cc1ccccc1)C(=O)O. The first kappa shape index (κ1) is 15.8. The summed E-state index contributed by atoms with van der Waals surface area (Å²) in [6.07, 6.45) is 2.70. The van der Waals surface area contributed by atoms with Crippen LogP contribution in [0.5, 0.6) is 0 Å². The third kappa shape index (κ3) is 3.48. The van der Waals surface area contributed by atoms with Crippen LogP contribution in [0.15, 0.2) is 52.5 Å². The van der Waals surface area contributed by atoms with Crippen LogP contribution in [0.3, 0.4) is 0 Å². The van der Waals surface area contributed by atoms with Crippen molar-refractivity contribution in [1.82, 2.24) is 0 Å². The Hall–Kier alpha value is -2.07. The number of fused-ring (bicyclic) bond motifs is 1. The molecule has 3 rings (SSSR count). The van der Waals surface area contributed by atoms with Crippen LogP contribution in [0.25, 0.3) is 6.08 Å². The molecule has 0 spiro atoms. The highest BCUT2D eigenvalue weighted by molar-refractivity contribution is 9.10. The van der Waals surface area contributed by atoms with Gasteiger partial charge in [0.2, 0.25) is 0 Å². The van der Waals surface area contributed by atoms with E-state index in [1.807, 2.05) is 12.1 Å². The predicted octanol–water partition coefficient (Wildman–Crippen LogP) is 4.50. The molecule has 1 aliphatic heterocycles. The number of carboxylic acid groups (broad SMARTS) is 1. The molecule has 118 valence electrons. The maximum Gasteiger partial charge on any atom is 0.331 e. The van der Waals surface area contributed by atoms with Gasteiger partial charge in [0.1, 0.15) is 0 Å². The highest BCUT2D eigenvalue weighted by Crippen LogP contribution is 2.37. The molecule has 0 amide bonds. The van der Waals surface area contributed by atoms with Crippen molar-refractivity contribution >= 4 is 33.7 Å². The van der Waals surface area contributed by atoms with Gasteiger partial charge in [-0.3, -0.25) is 0 Å². The van der Waals surface area contributed by atoms with E-state index in [4.69, 9.17) is 5.11 Å². The highest BCUT2D eigenvalue weighted by Gasteiger charge is 2.22. The van der Waals surface area contributed by atoms with E-state index in [2.05, 4.69) is 51.2 Å². The molecule has 0 saturated carbocycles. The van der Waals surface area contributed by atoms with Gasteiger partial charge in [0.05, 0.1) is 5.69 Å². The maximum absolute atomic E-state index is 11.0. The second kappa shape index (κ2) is 6.59. The van der Waals surface area contributed by atoms with Crippen molar-refractivity contribution in [2.75, 3.05) is 11.4 Å². The minimum absolute atomic E-state index is 0.344. The first-order chi connectivity index (χ1) is 11.0. The quantitative estimate of drug-likeness (QED) is 0.804. The van der Waals surface area contributed by atoms with E-state index in [1.54, 1.807) is 13.0 Å². The molecule has 2 aromatic carbocycles. The zero-order valence-corrected chi connectivity index (χ0v) is 14.5. The number of anilines is 1. The van der Waals surface area contributed by atoms with Gasteiger partial charge in [0.25, 0.3) is 0 Å². The summed E-state index contributed by atoms with van der Waals surface area (Å²) in [5.74, 6) is -0.882. The zero-order chi connectivity index (χ0) is 16.4. The van der Waals surface area contributed by atoms with Crippen molar-refractivity contribution in [1.29, 1.82) is 0 Å². The van der Waals surface area contributed by atoms with Gasteiger partial charge in [0.15, 0.2) is 0 Å². The van der Waals surface area contributed by atoms with E-state index in [-0.39, 0.29) is 0 Å². The van der Waals surface area contributed by atoms with Gasteiger partial charge < -0.3 is 10.0 Å². The Labute approximate surface area is 144 Å². The molecule has 4 heteroatoms. The number of nitrogens with zero attached hydrogens (tertiary/aromatic N) is 1. The third-order valence-electron chi connectivity index (χ3n) is 4.07. The zero-order valence-electron chi connectivity index (χ0n) is 12.9. The van der Waals surface area contributed by atoms with Gasteiger partial charge in [-0.05, 0) is 64.2 Å². The summed E-state index contributed by atoms with van der Waals surface area (Å²) < 4.78 is 1.02. The Kier molecular flexibility index (Phi) is 4.53. The molecule has 0 radical (unpaired) electrons. The van der Waals surface area contributed by atoms with Gasteiger partial charge in [-0.1, -0.05) is 30.3 Å². The van der Waals surface area contributed by atoms with E-state index in [0.29, 0.717) is 5.57 Å². The van der Waals surface area contributed by atoms with E-state index >= 15 is 0 Å². The van der Waals surface area contributed by atoms with E-state index in [9.17, 15) is 4.79 Å². The lowest BCUT2D eigenvalue weighted by atomic mass is 10.1. The number of carboxylic acids is 1. The van der Waals surface area contributed by atoms with Crippen molar-refractivity contribution in [3.05, 3.63) is 69.2 Å². The van der Waals surface area contributed by atoms with Gasteiger partial charge in [-0.2, -0.15) is 0 Å². The second-order valence-electron chi connectivity index (χ2n) is 5.80. The van der Waals surface area contributed by atoms with Crippen molar-refractivity contribution in [2.45, 2.75) is 19.9 Å². The van der Waals surface area contributed by atoms with Gasteiger partial charge in [-0.15, -0.1) is 0 Å². The molecular formula is C19H18BrNO2. The first-order valence-electron chi connectivity index (χ1n) is 7.57. The van der Waals surface area contributed by atoms with Crippen molar-refractivity contribution < 1.29 is 9.90 Å². The van der Waals surface area contributed by atoms with Gasteiger partial charge in [-0.25, -0.2) is 4.79 Å². The second-order valence-corrected chi connectivity index (χ2v) is 6.65. The summed E-state index contributed by atoms with van der Waals surface area (Å²) in [5, 5.41) is 9.02. The number of hydrogen-bond acceptors (Lipinski definition) is 2. The normalized spacial score (nSPS) is 14.0. The Morgan fingerprint density at radius 2 is 2.04 bits per heavy atom. The monoisotopic (exact) mass is 371 g/mol. The average Bonchev–Trinajstić information content (AvgIpc) is 2.91. The average molecular weight is 372 g/mol. The number of aliphatic carboxylic acids is 1. The molecule has 0 unspecified atom stereocenters. The minimum atomic E-state index is -0.882. The number of rotatable bonds is 4. The summed E-state index contributed by atoms with van der Waals surface area (Å²) in [6, 6.07) is 14.5. The third-order valence-corrected chi connectivity index (χ3v) is 4.67. The standard InChI is InChI=1S/C19H18BrNO2/c1-13(19(22)23)9-15-10-16-7-8-21(18(16)17(20)11-15)12-14-5-3-2-4-6-14/h2-6,9-11H,7-8,12H2,1H3,(H,22,23)/b13-9+. The van der Waals surface area contributed by atoms with E-state index < -0.39 is 5.97 Å². The Bertz CT molecular complexity index is 768. The summed E-state index contributed by atoms with van der Waals surface area (Å²) in [6.45, 7) is 3.48. The Morgan fingerprint density at radius 3 is 2.74 bits per heavy atom. The molecule has 23 heavy (non-hydrogen) atoms. The molecular weight excluding hydrogens is 354 g/mol. The van der Waals surface area contributed by atoms with E-state index in [1.165, 1.54) is 16.8 Å². The van der Waals surface area contributed by atoms with Crippen LogP contribution < -0.4 is 4.90 Å². The molecule has 0 atom stereocenters. The summed E-state index contributed by atoms with van der Waals surface area (Å²) in [4.78, 5) is 13.4. The number of benzene rings is 2. The number of hydrogen-bond donors (Lipinski definition) is 1. The Morgan fingerprint density at radius 1 is 1.30 bits per heavy atom. The van der Waals surface area contributed by atoms with Crippen LogP contribution in [0, 0.1) is 0 Å². The van der Waals surface area contributed by atoms with Crippen LogP contribution in [-0.4, -0.2) is 17.6 Å². The molecule has 1 heterocycles. The van der Waals surface area contributed by atoms with Crippen molar-refractivity contribution in [2.24, 2.45) is 0 Å². The first-order valence-corrected chi connectivity index (χ1v) is 8.37. The molecule has 0 aromatic heterocycles. The fourth-order valence-electron chi connectivity index (χ4n) is 2.95. The highest BCUT2D eigenvalue weighted by atomic mass is 79.9. The largest absolute Gasteiger partial charge is 0.478 e. The van der Waals surface area contributed by atoms with Crippen LogP contribution in [0.1, 0.15) is 23.6 Å².